The van der Waals surface area contributed by atoms with Crippen LogP contribution < -0.4 is 20.1 Å². The van der Waals surface area contributed by atoms with E-state index in [0.717, 1.165) is 28.1 Å². The maximum absolute atomic E-state index is 12.5. The topological polar surface area (TPSA) is 67.8 Å². The number of halogens is 3. The summed E-state index contributed by atoms with van der Waals surface area (Å²) in [5.41, 5.74) is 4.10. The van der Waals surface area contributed by atoms with Gasteiger partial charge in [-0.3, -0.25) is 9.98 Å². The first-order chi connectivity index (χ1) is 14.1. The first-order valence-electron chi connectivity index (χ1n) is 9.37. The van der Waals surface area contributed by atoms with Crippen LogP contribution in [0.25, 0.3) is 0 Å². The maximum Gasteiger partial charge on any atom is 0.422 e. The summed E-state index contributed by atoms with van der Waals surface area (Å²) >= 11 is 0. The molecule has 2 aromatic rings. The molecule has 0 saturated heterocycles. The average molecular weight is 424 g/mol. The van der Waals surface area contributed by atoms with E-state index in [1.807, 2.05) is 19.9 Å². The van der Waals surface area contributed by atoms with E-state index in [9.17, 15) is 13.2 Å². The Labute approximate surface area is 174 Å². The molecule has 0 aliphatic carbocycles. The van der Waals surface area contributed by atoms with Crippen molar-refractivity contribution in [2.24, 2.45) is 4.99 Å². The molecule has 1 heterocycles. The normalized spacial score (nSPS) is 11.9. The summed E-state index contributed by atoms with van der Waals surface area (Å²) in [6, 6.07) is 5.14. The van der Waals surface area contributed by atoms with Crippen molar-refractivity contribution in [2.75, 3.05) is 20.8 Å². The predicted octanol–water partition coefficient (Wildman–Crippen LogP) is 3.82. The van der Waals surface area contributed by atoms with E-state index in [4.69, 9.17) is 9.47 Å². The minimum absolute atomic E-state index is 0.191. The Hall–Kier alpha value is -2.97. The van der Waals surface area contributed by atoms with Crippen LogP contribution in [0.5, 0.6) is 11.5 Å². The second-order valence-electron chi connectivity index (χ2n) is 6.84. The van der Waals surface area contributed by atoms with Gasteiger partial charge in [-0.15, -0.1) is 0 Å². The van der Waals surface area contributed by atoms with Crippen molar-refractivity contribution < 1.29 is 22.6 Å². The number of methoxy groups -OCH3 is 1. The number of nitrogens with zero attached hydrogens (tertiary/aromatic N) is 2. The number of hydrogen-bond donors (Lipinski definition) is 2. The second-order valence-corrected chi connectivity index (χ2v) is 6.84. The van der Waals surface area contributed by atoms with Crippen LogP contribution in [-0.2, 0) is 13.1 Å². The van der Waals surface area contributed by atoms with E-state index in [2.05, 4.69) is 20.6 Å². The Morgan fingerprint density at radius 1 is 1.13 bits per heavy atom. The van der Waals surface area contributed by atoms with Gasteiger partial charge in [-0.25, -0.2) is 0 Å². The van der Waals surface area contributed by atoms with Gasteiger partial charge in [-0.1, -0.05) is 12.1 Å². The zero-order valence-electron chi connectivity index (χ0n) is 17.8. The van der Waals surface area contributed by atoms with Gasteiger partial charge in [-0.2, -0.15) is 13.2 Å². The molecule has 30 heavy (non-hydrogen) atoms. The molecule has 0 spiro atoms. The summed E-state index contributed by atoms with van der Waals surface area (Å²) in [7, 11) is 3.23. The molecule has 0 aliphatic heterocycles. The molecule has 6 nitrogen and oxygen atoms in total. The van der Waals surface area contributed by atoms with Crippen molar-refractivity contribution in [3.8, 4) is 11.5 Å². The van der Waals surface area contributed by atoms with Crippen LogP contribution >= 0.6 is 0 Å². The minimum atomic E-state index is -4.40. The molecule has 1 aromatic carbocycles. The molecule has 0 aliphatic rings. The van der Waals surface area contributed by atoms with Crippen LogP contribution in [0.15, 0.2) is 29.4 Å². The van der Waals surface area contributed by atoms with E-state index in [0.29, 0.717) is 18.1 Å². The van der Waals surface area contributed by atoms with Gasteiger partial charge in [0.15, 0.2) is 12.6 Å². The third-order valence-corrected chi connectivity index (χ3v) is 4.46. The SMILES string of the molecule is CN=C(NCc1ccc(C)cc1OCC(F)(F)F)NCc1ncc(C)c(OC)c1C. The summed E-state index contributed by atoms with van der Waals surface area (Å²) in [6.45, 7) is 4.98. The smallest absolute Gasteiger partial charge is 0.422 e. The molecule has 2 rings (SSSR count). The fraction of sp³-hybridized carbons (Fsp3) is 0.429. The lowest BCUT2D eigenvalue weighted by Crippen LogP contribution is -2.36. The highest BCUT2D eigenvalue weighted by atomic mass is 19.4. The molecular formula is C21H27F3N4O2. The van der Waals surface area contributed by atoms with Crippen LogP contribution in [0.1, 0.15) is 27.9 Å². The van der Waals surface area contributed by atoms with Crippen molar-refractivity contribution in [3.63, 3.8) is 0 Å². The number of hydrogen-bond acceptors (Lipinski definition) is 4. The Kier molecular flexibility index (Phi) is 7.91. The zero-order chi connectivity index (χ0) is 22.3. The van der Waals surface area contributed by atoms with Crippen molar-refractivity contribution in [3.05, 3.63) is 52.3 Å². The van der Waals surface area contributed by atoms with Gasteiger partial charge in [0.05, 0.1) is 19.3 Å². The lowest BCUT2D eigenvalue weighted by Gasteiger charge is -2.17. The van der Waals surface area contributed by atoms with Crippen molar-refractivity contribution >= 4 is 5.96 Å². The molecule has 164 valence electrons. The first kappa shape index (κ1) is 23.3. The monoisotopic (exact) mass is 424 g/mol. The molecule has 0 saturated carbocycles. The molecule has 9 heteroatoms. The van der Waals surface area contributed by atoms with Gasteiger partial charge in [0.1, 0.15) is 11.5 Å². The number of benzene rings is 1. The maximum atomic E-state index is 12.5. The quantitative estimate of drug-likeness (QED) is 0.523. The first-order valence-corrected chi connectivity index (χ1v) is 9.37. The standard InChI is InChI=1S/C21H27F3N4O2/c1-13-6-7-16(18(8-13)30-12-21(22,23)24)10-27-20(25-4)28-11-17-15(3)19(29-5)14(2)9-26-17/h6-9H,10-12H2,1-5H3,(H2,25,27,28). The molecule has 2 N–H and O–H groups in total. The van der Waals surface area contributed by atoms with E-state index in [1.165, 1.54) is 0 Å². The number of guanidine groups is 1. The molecule has 0 amide bonds. The van der Waals surface area contributed by atoms with Crippen molar-refractivity contribution in [1.82, 2.24) is 15.6 Å². The predicted molar refractivity (Wildman–Crippen MR) is 110 cm³/mol. The number of aliphatic imine (C=N–C) groups is 1. The van der Waals surface area contributed by atoms with Gasteiger partial charge in [0.2, 0.25) is 0 Å². The van der Waals surface area contributed by atoms with Crippen LogP contribution in [0.2, 0.25) is 0 Å². The molecule has 0 bridgehead atoms. The van der Waals surface area contributed by atoms with Crippen molar-refractivity contribution in [2.45, 2.75) is 40.0 Å². The second kappa shape index (κ2) is 10.2. The summed E-state index contributed by atoms with van der Waals surface area (Å²) in [6.07, 6.45) is -2.65. The van der Waals surface area contributed by atoms with Crippen LogP contribution in [0.3, 0.4) is 0 Å². The highest BCUT2D eigenvalue weighted by Gasteiger charge is 2.28. The van der Waals surface area contributed by atoms with E-state index < -0.39 is 12.8 Å². The van der Waals surface area contributed by atoms with Gasteiger partial charge in [-0.05, 0) is 32.4 Å². The van der Waals surface area contributed by atoms with Crippen LogP contribution in [-0.4, -0.2) is 37.9 Å². The average Bonchev–Trinajstić information content (AvgIpc) is 2.68. The zero-order valence-corrected chi connectivity index (χ0v) is 17.8. The van der Waals surface area contributed by atoms with Gasteiger partial charge >= 0.3 is 6.18 Å². The Balaban J connectivity index is 2.03. The summed E-state index contributed by atoms with van der Waals surface area (Å²) in [5, 5.41) is 6.25. The van der Waals surface area contributed by atoms with Gasteiger partial charge in [0.25, 0.3) is 0 Å². The van der Waals surface area contributed by atoms with Crippen molar-refractivity contribution in [1.29, 1.82) is 0 Å². The summed E-state index contributed by atoms with van der Waals surface area (Å²) in [4.78, 5) is 8.59. The number of alkyl halides is 3. The lowest BCUT2D eigenvalue weighted by molar-refractivity contribution is -0.153. The van der Waals surface area contributed by atoms with Gasteiger partial charge < -0.3 is 20.1 Å². The Morgan fingerprint density at radius 3 is 2.47 bits per heavy atom. The molecule has 0 radical (unpaired) electrons. The largest absolute Gasteiger partial charge is 0.496 e. The number of aromatic nitrogens is 1. The third kappa shape index (κ3) is 6.53. The number of nitrogens with one attached hydrogen (secondary N) is 2. The number of pyridine rings is 1. The fourth-order valence-electron chi connectivity index (χ4n) is 2.92. The Bertz CT molecular complexity index is 899. The molecule has 0 atom stereocenters. The van der Waals surface area contributed by atoms with Crippen LogP contribution in [0.4, 0.5) is 13.2 Å². The summed E-state index contributed by atoms with van der Waals surface area (Å²) in [5.74, 6) is 1.46. The van der Waals surface area contributed by atoms with E-state index in [1.54, 1.807) is 39.4 Å². The molecule has 1 aromatic heterocycles. The van der Waals surface area contributed by atoms with E-state index in [-0.39, 0.29) is 12.3 Å². The molecule has 0 unspecified atom stereocenters. The highest BCUT2D eigenvalue weighted by Crippen LogP contribution is 2.25. The Morgan fingerprint density at radius 2 is 1.83 bits per heavy atom. The minimum Gasteiger partial charge on any atom is -0.496 e. The number of ether oxygens (including phenoxy) is 2. The molecular weight excluding hydrogens is 397 g/mol. The third-order valence-electron chi connectivity index (χ3n) is 4.46. The lowest BCUT2D eigenvalue weighted by atomic mass is 10.1. The van der Waals surface area contributed by atoms with Gasteiger partial charge in [0, 0.05) is 36.5 Å². The molecule has 0 fully saturated rings. The summed E-state index contributed by atoms with van der Waals surface area (Å²) < 4.78 is 48.0. The van der Waals surface area contributed by atoms with E-state index >= 15 is 0 Å². The highest BCUT2D eigenvalue weighted by molar-refractivity contribution is 5.79. The fourth-order valence-corrected chi connectivity index (χ4v) is 2.92. The number of rotatable bonds is 7. The number of aryl methyl sites for hydroxylation is 2. The van der Waals surface area contributed by atoms with Crippen LogP contribution in [0, 0.1) is 20.8 Å².